The summed E-state index contributed by atoms with van der Waals surface area (Å²) in [6.07, 6.45) is 16.8. The van der Waals surface area contributed by atoms with E-state index in [1.54, 1.807) is 0 Å². The van der Waals surface area contributed by atoms with Gasteiger partial charge in [0.05, 0.1) is 11.2 Å². The fraction of sp³-hybridized carbons (Fsp3) is 0.270. The topological polar surface area (TPSA) is 12.9 Å². The van der Waals surface area contributed by atoms with Crippen molar-refractivity contribution < 1.29 is 0 Å². The van der Waals surface area contributed by atoms with Crippen LogP contribution >= 0.6 is 0 Å². The Balaban J connectivity index is 0.00000247. The van der Waals surface area contributed by atoms with Gasteiger partial charge >= 0.3 is 0 Å². The number of allylic oxidation sites excluding steroid dienone is 8. The van der Waals surface area contributed by atoms with E-state index in [-0.39, 0.29) is 11.3 Å². The molecule has 0 radical (unpaired) electrons. The summed E-state index contributed by atoms with van der Waals surface area (Å²) >= 11 is 0. The van der Waals surface area contributed by atoms with Crippen molar-refractivity contribution >= 4 is 23.1 Å². The number of pyridine rings is 1. The van der Waals surface area contributed by atoms with Crippen molar-refractivity contribution in [3.63, 3.8) is 0 Å². The molecule has 38 heavy (non-hydrogen) atoms. The zero-order chi connectivity index (χ0) is 28.3. The van der Waals surface area contributed by atoms with Crippen LogP contribution in [0.3, 0.4) is 0 Å². The summed E-state index contributed by atoms with van der Waals surface area (Å²) in [6, 6.07) is 17.3. The first-order chi connectivity index (χ1) is 18.1. The van der Waals surface area contributed by atoms with Gasteiger partial charge in [-0.25, -0.2) is 4.98 Å². The van der Waals surface area contributed by atoms with E-state index in [1.165, 1.54) is 27.8 Å². The molecule has 1 heterocycles. The number of hydrogen-bond donors (Lipinski definition) is 0. The van der Waals surface area contributed by atoms with Crippen LogP contribution in [0.4, 0.5) is 0 Å². The summed E-state index contributed by atoms with van der Waals surface area (Å²) in [5.74, 6) is 0.110. The first-order valence-corrected chi connectivity index (χ1v) is 13.6. The Labute approximate surface area is 231 Å². The minimum Gasteiger partial charge on any atom is -0.248 e. The number of aromatic nitrogens is 1. The van der Waals surface area contributed by atoms with Crippen LogP contribution in [0.1, 0.15) is 75.4 Å². The predicted octanol–water partition coefficient (Wildman–Crippen LogP) is 11.0. The average Bonchev–Trinajstić information content (AvgIpc) is 2.89. The molecule has 3 aromatic rings. The number of benzene rings is 2. The Hall–Kier alpha value is -3.71. The number of rotatable bonds is 8. The highest BCUT2D eigenvalue weighted by atomic mass is 14.7. The molecule has 0 fully saturated rings. The van der Waals surface area contributed by atoms with Crippen molar-refractivity contribution in [3.05, 3.63) is 137 Å². The van der Waals surface area contributed by atoms with Crippen molar-refractivity contribution in [2.24, 2.45) is 5.41 Å². The highest BCUT2D eigenvalue weighted by Crippen LogP contribution is 2.33. The fourth-order valence-corrected chi connectivity index (χ4v) is 4.42. The van der Waals surface area contributed by atoms with Gasteiger partial charge in [0.15, 0.2) is 0 Å². The van der Waals surface area contributed by atoms with Gasteiger partial charge < -0.3 is 0 Å². The number of aryl methyl sites for hydroxylation is 2. The molecule has 1 heteroatoms. The van der Waals surface area contributed by atoms with E-state index < -0.39 is 0 Å². The summed E-state index contributed by atoms with van der Waals surface area (Å²) in [5.41, 5.74) is 9.32. The molecule has 0 N–H and O–H groups in total. The first kappa shape index (κ1) is 30.5. The molecular weight excluding hydrogens is 458 g/mol. The van der Waals surface area contributed by atoms with Crippen molar-refractivity contribution in [3.8, 4) is 0 Å². The molecule has 0 aliphatic rings. The van der Waals surface area contributed by atoms with Crippen LogP contribution in [0.15, 0.2) is 109 Å². The summed E-state index contributed by atoms with van der Waals surface area (Å²) in [7, 11) is 0. The average molecular weight is 504 g/mol. The number of nitrogens with zero attached hydrogens (tertiary/aromatic N) is 1. The lowest BCUT2D eigenvalue weighted by Gasteiger charge is -2.24. The molecule has 1 aromatic heterocycles. The predicted molar refractivity (Wildman–Crippen MR) is 172 cm³/mol. The zero-order valence-corrected chi connectivity index (χ0v) is 24.7. The van der Waals surface area contributed by atoms with Crippen molar-refractivity contribution in [1.29, 1.82) is 0 Å². The second-order valence-corrected chi connectivity index (χ2v) is 10.4. The highest BCUT2D eigenvalue weighted by Gasteiger charge is 2.18. The van der Waals surface area contributed by atoms with E-state index in [2.05, 4.69) is 140 Å². The largest absolute Gasteiger partial charge is 0.248 e. The molecule has 0 saturated heterocycles. The normalized spacial score (nSPS) is 13.5. The third kappa shape index (κ3) is 8.42. The Kier molecular flexibility index (Phi) is 11.5. The molecule has 1 nitrogen and oxygen atoms in total. The zero-order valence-electron chi connectivity index (χ0n) is 24.7. The van der Waals surface area contributed by atoms with Crippen LogP contribution in [0.25, 0.3) is 23.1 Å². The van der Waals surface area contributed by atoms with Gasteiger partial charge in [0.1, 0.15) is 0 Å². The summed E-state index contributed by atoms with van der Waals surface area (Å²) in [4.78, 5) is 4.82. The minimum absolute atomic E-state index is 0.0286. The van der Waals surface area contributed by atoms with Crippen LogP contribution in [-0.2, 0) is 0 Å². The maximum atomic E-state index is 4.82. The first-order valence-electron chi connectivity index (χ1n) is 13.6. The highest BCUT2D eigenvalue weighted by molar-refractivity contribution is 5.81. The number of fused-ring (bicyclic) bond motifs is 1. The van der Waals surface area contributed by atoms with Gasteiger partial charge in [0, 0.05) is 11.3 Å². The van der Waals surface area contributed by atoms with Gasteiger partial charge in [-0.15, -0.1) is 6.58 Å². The summed E-state index contributed by atoms with van der Waals surface area (Å²) in [5, 5.41) is 1.16. The third-order valence-corrected chi connectivity index (χ3v) is 6.27. The Morgan fingerprint density at radius 2 is 1.61 bits per heavy atom. The molecule has 3 rings (SSSR count). The van der Waals surface area contributed by atoms with Gasteiger partial charge in [-0.1, -0.05) is 126 Å². The molecule has 1 unspecified atom stereocenters. The molecule has 0 bridgehead atoms. The quantitative estimate of drug-likeness (QED) is 0.220. The number of hydrogen-bond acceptors (Lipinski definition) is 1. The molecule has 0 aliphatic heterocycles. The second kappa shape index (κ2) is 14.3. The Morgan fingerprint density at radius 3 is 2.24 bits per heavy atom. The molecule has 1 atom stereocenters. The second-order valence-electron chi connectivity index (χ2n) is 10.4. The Morgan fingerprint density at radius 1 is 0.895 bits per heavy atom. The van der Waals surface area contributed by atoms with Crippen molar-refractivity contribution in [2.45, 2.75) is 61.3 Å². The van der Waals surface area contributed by atoms with Gasteiger partial charge in [0.25, 0.3) is 0 Å². The van der Waals surface area contributed by atoms with Crippen molar-refractivity contribution in [1.82, 2.24) is 4.98 Å². The van der Waals surface area contributed by atoms with Crippen LogP contribution in [0, 0.1) is 19.3 Å². The smallest absolute Gasteiger partial charge is 0.0711 e. The van der Waals surface area contributed by atoms with E-state index in [1.807, 2.05) is 26.0 Å². The van der Waals surface area contributed by atoms with Gasteiger partial charge in [-0.05, 0) is 72.2 Å². The standard InChI is InChI=1S/C35H39N.C2H6/c1-9-12-33(35(6,7)8)29(11-3)17-16-28(10-2)31-22-26(5)21-27(24-31)14-19-32-20-18-30-15-13-25(4)23-34(30)36-32;1-2/h9-24,28H,1-2H2,3-8H3;1-2H3/b17-16+,19-14+,29-11-,33-12+;. The third-order valence-electron chi connectivity index (χ3n) is 6.27. The molecule has 0 spiro atoms. The van der Waals surface area contributed by atoms with E-state index in [4.69, 9.17) is 4.98 Å². The van der Waals surface area contributed by atoms with E-state index in [0.717, 1.165) is 22.2 Å². The van der Waals surface area contributed by atoms with Crippen LogP contribution in [0.5, 0.6) is 0 Å². The maximum Gasteiger partial charge on any atom is 0.0711 e. The fourth-order valence-electron chi connectivity index (χ4n) is 4.42. The van der Waals surface area contributed by atoms with E-state index in [9.17, 15) is 0 Å². The lowest BCUT2D eigenvalue weighted by Crippen LogP contribution is -2.11. The lowest BCUT2D eigenvalue weighted by molar-refractivity contribution is 0.512. The monoisotopic (exact) mass is 503 g/mol. The molecule has 0 saturated carbocycles. The molecule has 0 aliphatic carbocycles. The summed E-state index contributed by atoms with van der Waals surface area (Å²) in [6.45, 7) is 25.1. The Bertz CT molecular complexity index is 1370. The van der Waals surface area contributed by atoms with E-state index >= 15 is 0 Å². The van der Waals surface area contributed by atoms with Crippen molar-refractivity contribution in [2.75, 3.05) is 0 Å². The SMILES string of the molecule is C=C\C=C(C(=C\C)/C=C/C(C=C)c1cc(C)cc(/C=C/c2ccc3ccc(C)cc3n2)c1)\C(C)(C)C.CC. The summed E-state index contributed by atoms with van der Waals surface area (Å²) < 4.78 is 0. The van der Waals surface area contributed by atoms with Gasteiger partial charge in [-0.3, -0.25) is 0 Å². The maximum absolute atomic E-state index is 4.82. The molecule has 2 aromatic carbocycles. The molecule has 198 valence electrons. The van der Waals surface area contributed by atoms with Crippen LogP contribution < -0.4 is 0 Å². The minimum atomic E-state index is 0.0286. The molecule has 0 amide bonds. The van der Waals surface area contributed by atoms with Gasteiger partial charge in [0.2, 0.25) is 0 Å². The molecular formula is C37H45N. The lowest BCUT2D eigenvalue weighted by atomic mass is 9.81. The van der Waals surface area contributed by atoms with Crippen LogP contribution in [-0.4, -0.2) is 4.98 Å². The van der Waals surface area contributed by atoms with E-state index in [0.29, 0.717) is 0 Å². The van der Waals surface area contributed by atoms with Gasteiger partial charge in [-0.2, -0.15) is 0 Å². The van der Waals surface area contributed by atoms with Crippen LogP contribution in [0.2, 0.25) is 0 Å².